The molecule has 0 aliphatic rings. The van der Waals surface area contributed by atoms with E-state index in [1.165, 1.54) is 13.2 Å². The second-order valence-corrected chi connectivity index (χ2v) is 3.98. The van der Waals surface area contributed by atoms with Crippen molar-refractivity contribution < 1.29 is 18.3 Å². The third kappa shape index (κ3) is 3.34. The molecule has 2 rings (SSSR count). The van der Waals surface area contributed by atoms with E-state index in [9.17, 15) is 8.78 Å². The summed E-state index contributed by atoms with van der Waals surface area (Å²) >= 11 is 0. The first kappa shape index (κ1) is 13.1. The molecule has 0 atom stereocenters. The highest BCUT2D eigenvalue weighted by atomic mass is 19.1. The van der Waals surface area contributed by atoms with Gasteiger partial charge in [0.2, 0.25) is 0 Å². The summed E-state index contributed by atoms with van der Waals surface area (Å²) in [7, 11) is 1.53. The number of methoxy groups -OCH3 is 1. The number of nitrogen functional groups attached to an aromatic ring is 1. The molecule has 0 amide bonds. The first-order valence-corrected chi connectivity index (χ1v) is 5.60. The van der Waals surface area contributed by atoms with Crippen LogP contribution >= 0.6 is 0 Å². The lowest BCUT2D eigenvalue weighted by Gasteiger charge is -2.09. The Balaban J connectivity index is 2.12. The summed E-state index contributed by atoms with van der Waals surface area (Å²) in [5.74, 6) is -0.799. The highest BCUT2D eigenvalue weighted by Gasteiger charge is 2.06. The predicted octanol–water partition coefficient (Wildman–Crippen LogP) is 3.13. The normalized spacial score (nSPS) is 10.3. The maximum Gasteiger partial charge on any atom is 0.167 e. The van der Waals surface area contributed by atoms with Crippen LogP contribution in [0.25, 0.3) is 0 Å². The van der Waals surface area contributed by atoms with E-state index in [0.717, 1.165) is 17.7 Å². The lowest BCUT2D eigenvalue weighted by Crippen LogP contribution is -1.99. The molecule has 0 spiro atoms. The summed E-state index contributed by atoms with van der Waals surface area (Å²) in [6.45, 7) is 0.115. The van der Waals surface area contributed by atoms with Crippen LogP contribution < -0.4 is 15.2 Å². The van der Waals surface area contributed by atoms with Crippen LogP contribution in [0.5, 0.6) is 11.5 Å². The van der Waals surface area contributed by atoms with Crippen molar-refractivity contribution in [3.8, 4) is 11.5 Å². The van der Waals surface area contributed by atoms with Gasteiger partial charge in [-0.2, -0.15) is 0 Å². The Morgan fingerprint density at radius 2 is 1.89 bits per heavy atom. The summed E-state index contributed by atoms with van der Waals surface area (Å²) in [5.41, 5.74) is 6.96. The van der Waals surface area contributed by atoms with E-state index < -0.39 is 11.6 Å². The molecule has 2 aromatic carbocycles. The van der Waals surface area contributed by atoms with Gasteiger partial charge >= 0.3 is 0 Å². The summed E-state index contributed by atoms with van der Waals surface area (Å²) in [4.78, 5) is 0. The topological polar surface area (TPSA) is 44.5 Å². The third-order valence-corrected chi connectivity index (χ3v) is 2.51. The molecule has 0 aromatic heterocycles. The minimum atomic E-state index is -0.740. The molecule has 0 saturated heterocycles. The zero-order valence-corrected chi connectivity index (χ0v) is 10.3. The molecule has 19 heavy (non-hydrogen) atoms. The summed E-state index contributed by atoms with van der Waals surface area (Å²) in [6, 6.07) is 8.26. The summed E-state index contributed by atoms with van der Waals surface area (Å²) in [6.07, 6.45) is 0. The van der Waals surface area contributed by atoms with Gasteiger partial charge in [0.05, 0.1) is 7.11 Å². The lowest BCUT2D eigenvalue weighted by atomic mass is 10.2. The van der Waals surface area contributed by atoms with Crippen LogP contribution in [0.1, 0.15) is 5.56 Å². The maximum absolute atomic E-state index is 13.4. The van der Waals surface area contributed by atoms with E-state index in [1.807, 2.05) is 0 Å². The molecule has 0 aliphatic heterocycles. The monoisotopic (exact) mass is 265 g/mol. The number of hydrogen-bond acceptors (Lipinski definition) is 3. The standard InChI is InChI=1S/C14H13F2NO2/c1-18-12-5-9(4-11(17)7-12)8-19-14-3-2-10(15)6-13(14)16/h2-7H,8,17H2,1H3. The van der Waals surface area contributed by atoms with Crippen LogP contribution in [-0.2, 0) is 6.61 Å². The number of benzene rings is 2. The molecule has 5 heteroatoms. The molecule has 3 nitrogen and oxygen atoms in total. The van der Waals surface area contributed by atoms with Gasteiger partial charge in [-0.1, -0.05) is 0 Å². The number of hydrogen-bond donors (Lipinski definition) is 1. The van der Waals surface area contributed by atoms with Gasteiger partial charge in [-0.3, -0.25) is 0 Å². The first-order chi connectivity index (χ1) is 9.08. The number of rotatable bonds is 4. The average molecular weight is 265 g/mol. The summed E-state index contributed by atoms with van der Waals surface area (Å²) < 4.78 is 36.4. The van der Waals surface area contributed by atoms with Crippen LogP contribution in [0.4, 0.5) is 14.5 Å². The van der Waals surface area contributed by atoms with E-state index in [1.54, 1.807) is 18.2 Å². The van der Waals surface area contributed by atoms with E-state index in [2.05, 4.69) is 0 Å². The minimum absolute atomic E-state index is 0.0113. The van der Waals surface area contributed by atoms with Gasteiger partial charge in [-0.15, -0.1) is 0 Å². The van der Waals surface area contributed by atoms with Gasteiger partial charge in [0.25, 0.3) is 0 Å². The van der Waals surface area contributed by atoms with Crippen LogP contribution in [0.15, 0.2) is 36.4 Å². The molecule has 0 saturated carbocycles. The molecule has 100 valence electrons. The lowest BCUT2D eigenvalue weighted by molar-refractivity contribution is 0.288. The molecular weight excluding hydrogens is 252 g/mol. The second kappa shape index (κ2) is 5.56. The fourth-order valence-electron chi connectivity index (χ4n) is 1.64. The molecule has 0 fully saturated rings. The van der Waals surface area contributed by atoms with Crippen molar-refractivity contribution >= 4 is 5.69 Å². The van der Waals surface area contributed by atoms with E-state index in [-0.39, 0.29) is 12.4 Å². The largest absolute Gasteiger partial charge is 0.497 e. The van der Waals surface area contributed by atoms with Gasteiger partial charge in [0.15, 0.2) is 11.6 Å². The molecule has 0 bridgehead atoms. The van der Waals surface area contributed by atoms with Crippen molar-refractivity contribution in [2.24, 2.45) is 0 Å². The van der Waals surface area contributed by atoms with E-state index >= 15 is 0 Å². The number of nitrogens with two attached hydrogens (primary N) is 1. The van der Waals surface area contributed by atoms with E-state index in [4.69, 9.17) is 15.2 Å². The number of anilines is 1. The highest BCUT2D eigenvalue weighted by Crippen LogP contribution is 2.22. The molecule has 0 radical (unpaired) electrons. The van der Waals surface area contributed by atoms with Crippen molar-refractivity contribution in [2.75, 3.05) is 12.8 Å². The van der Waals surface area contributed by atoms with Crippen molar-refractivity contribution in [2.45, 2.75) is 6.61 Å². The van der Waals surface area contributed by atoms with Gasteiger partial charge in [-0.25, -0.2) is 8.78 Å². The molecule has 0 aliphatic carbocycles. The third-order valence-electron chi connectivity index (χ3n) is 2.51. The predicted molar refractivity (Wildman–Crippen MR) is 68.1 cm³/mol. The molecule has 0 unspecified atom stereocenters. The average Bonchev–Trinajstić information content (AvgIpc) is 2.37. The van der Waals surface area contributed by atoms with Crippen LogP contribution in [0, 0.1) is 11.6 Å². The van der Waals surface area contributed by atoms with Crippen molar-refractivity contribution in [1.82, 2.24) is 0 Å². The summed E-state index contributed by atoms with van der Waals surface area (Å²) in [5, 5.41) is 0. The van der Waals surface area contributed by atoms with E-state index in [0.29, 0.717) is 11.4 Å². The minimum Gasteiger partial charge on any atom is -0.497 e. The molecule has 2 aromatic rings. The highest BCUT2D eigenvalue weighted by molar-refractivity contribution is 5.47. The molecular formula is C14H13F2NO2. The Morgan fingerprint density at radius 1 is 1.11 bits per heavy atom. The fourth-order valence-corrected chi connectivity index (χ4v) is 1.64. The second-order valence-electron chi connectivity index (χ2n) is 3.98. The zero-order chi connectivity index (χ0) is 13.8. The number of halogens is 2. The van der Waals surface area contributed by atoms with Gasteiger partial charge < -0.3 is 15.2 Å². The van der Waals surface area contributed by atoms with Crippen molar-refractivity contribution in [3.63, 3.8) is 0 Å². The Bertz CT molecular complexity index is 588. The van der Waals surface area contributed by atoms with Crippen LogP contribution in [0.2, 0.25) is 0 Å². The van der Waals surface area contributed by atoms with Crippen LogP contribution in [-0.4, -0.2) is 7.11 Å². The van der Waals surface area contributed by atoms with Gasteiger partial charge in [0, 0.05) is 17.8 Å². The number of ether oxygens (including phenoxy) is 2. The smallest absolute Gasteiger partial charge is 0.167 e. The quantitative estimate of drug-likeness (QED) is 0.864. The molecule has 2 N–H and O–H groups in total. The van der Waals surface area contributed by atoms with Crippen molar-refractivity contribution in [1.29, 1.82) is 0 Å². The Labute approximate surface area is 109 Å². The fraction of sp³-hybridized carbons (Fsp3) is 0.143. The van der Waals surface area contributed by atoms with Gasteiger partial charge in [0.1, 0.15) is 18.2 Å². The first-order valence-electron chi connectivity index (χ1n) is 5.60. The zero-order valence-electron chi connectivity index (χ0n) is 10.3. The Hall–Kier alpha value is -2.30. The van der Waals surface area contributed by atoms with Crippen LogP contribution in [0.3, 0.4) is 0 Å². The SMILES string of the molecule is COc1cc(N)cc(COc2ccc(F)cc2F)c1. The van der Waals surface area contributed by atoms with Crippen molar-refractivity contribution in [3.05, 3.63) is 53.6 Å². The Kier molecular flexibility index (Phi) is 3.85. The van der Waals surface area contributed by atoms with Gasteiger partial charge in [-0.05, 0) is 29.8 Å². The maximum atomic E-state index is 13.4. The molecule has 0 heterocycles. The Morgan fingerprint density at radius 3 is 2.58 bits per heavy atom.